The van der Waals surface area contributed by atoms with Gasteiger partial charge in [0, 0.05) is 18.5 Å². The monoisotopic (exact) mass is 480 g/mol. The Morgan fingerprint density at radius 2 is 1.73 bits per heavy atom. The highest BCUT2D eigenvalue weighted by Crippen LogP contribution is 2.39. The van der Waals surface area contributed by atoms with Crippen molar-refractivity contribution in [3.8, 4) is 0 Å². The Hall–Kier alpha value is -3.00. The second-order valence-corrected chi connectivity index (χ2v) is 8.46. The zero-order valence-electron chi connectivity index (χ0n) is 17.1. The highest BCUT2D eigenvalue weighted by atomic mass is 35.5. The molecule has 1 atom stereocenters. The Labute approximate surface area is 191 Å². The Morgan fingerprint density at radius 1 is 1.03 bits per heavy atom. The van der Waals surface area contributed by atoms with Gasteiger partial charge in [-0.15, -0.1) is 0 Å². The number of pyridine rings is 1. The van der Waals surface area contributed by atoms with Crippen LogP contribution in [-0.4, -0.2) is 10.9 Å². The van der Waals surface area contributed by atoms with Gasteiger partial charge < -0.3 is 5.32 Å². The maximum absolute atomic E-state index is 14.7. The molecule has 0 spiro atoms. The van der Waals surface area contributed by atoms with Crippen LogP contribution in [0.2, 0.25) is 5.02 Å². The van der Waals surface area contributed by atoms with Gasteiger partial charge in [-0.2, -0.15) is 13.2 Å². The van der Waals surface area contributed by atoms with Crippen LogP contribution in [0.4, 0.5) is 22.0 Å². The van der Waals surface area contributed by atoms with Crippen molar-refractivity contribution in [1.29, 1.82) is 0 Å². The summed E-state index contributed by atoms with van der Waals surface area (Å²) in [5.74, 6) is -2.52. The van der Waals surface area contributed by atoms with Crippen molar-refractivity contribution in [3.05, 3.63) is 99.8 Å². The molecule has 4 rings (SSSR count). The molecule has 1 saturated carbocycles. The lowest BCUT2D eigenvalue weighted by Gasteiger charge is -2.36. The summed E-state index contributed by atoms with van der Waals surface area (Å²) in [6, 6.07) is 10.6. The number of hydrogen-bond acceptors (Lipinski definition) is 2. The van der Waals surface area contributed by atoms with Gasteiger partial charge >= 0.3 is 6.18 Å². The summed E-state index contributed by atoms with van der Waals surface area (Å²) in [7, 11) is 0. The summed E-state index contributed by atoms with van der Waals surface area (Å²) >= 11 is 5.95. The van der Waals surface area contributed by atoms with Gasteiger partial charge in [0.25, 0.3) is 0 Å². The first kappa shape index (κ1) is 23.2. The van der Waals surface area contributed by atoms with E-state index >= 15 is 0 Å². The lowest BCUT2D eigenvalue weighted by Crippen LogP contribution is -2.50. The molecule has 3 aromatic rings. The molecule has 0 aliphatic heterocycles. The Bertz CT molecular complexity index is 1180. The van der Waals surface area contributed by atoms with Crippen LogP contribution in [0, 0.1) is 17.6 Å². The number of carbonyl (C=O) groups excluding carboxylic acids is 1. The lowest BCUT2D eigenvalue weighted by molar-refractivity contribution is -0.137. The molecular weight excluding hydrogens is 463 g/mol. The smallest absolute Gasteiger partial charge is 0.340 e. The van der Waals surface area contributed by atoms with Crippen LogP contribution in [0.3, 0.4) is 0 Å². The van der Waals surface area contributed by atoms with E-state index in [0.29, 0.717) is 18.9 Å². The molecule has 33 heavy (non-hydrogen) atoms. The predicted molar refractivity (Wildman–Crippen MR) is 112 cm³/mol. The minimum absolute atomic E-state index is 0.0999. The van der Waals surface area contributed by atoms with E-state index in [0.717, 1.165) is 12.1 Å². The first-order valence-electron chi connectivity index (χ1n) is 10.1. The number of amides is 1. The standard InChI is InChI=1S/C24H18ClF5N2O/c25-18-7-8-21(31-13-18)23(32-22(33)14-5-6-14,12-15-3-1-2-4-20(15)27)16-9-17(24(28,29)30)11-19(26)10-16/h1-4,7-11,13-14H,5-6,12H2,(H,32,33)/t23-/m1/s1. The molecule has 0 unspecified atom stereocenters. The first-order chi connectivity index (χ1) is 15.6. The molecule has 9 heteroatoms. The van der Waals surface area contributed by atoms with E-state index in [4.69, 9.17) is 11.6 Å². The minimum Gasteiger partial charge on any atom is -0.340 e. The average Bonchev–Trinajstić information content (AvgIpc) is 3.60. The van der Waals surface area contributed by atoms with Crippen molar-refractivity contribution in [2.75, 3.05) is 0 Å². The van der Waals surface area contributed by atoms with Gasteiger partial charge in [-0.25, -0.2) is 8.78 Å². The number of nitrogens with one attached hydrogen (secondary N) is 1. The maximum Gasteiger partial charge on any atom is 0.416 e. The molecule has 0 radical (unpaired) electrons. The van der Waals surface area contributed by atoms with Crippen LogP contribution in [0.15, 0.2) is 60.8 Å². The minimum atomic E-state index is -4.84. The fraction of sp³-hybridized carbons (Fsp3) is 0.250. The summed E-state index contributed by atoms with van der Waals surface area (Å²) in [5, 5.41) is 3.03. The zero-order valence-corrected chi connectivity index (χ0v) is 17.9. The summed E-state index contributed by atoms with van der Waals surface area (Å²) in [6.45, 7) is 0. The van der Waals surface area contributed by atoms with Crippen LogP contribution >= 0.6 is 11.6 Å². The number of carbonyl (C=O) groups is 1. The molecule has 1 fully saturated rings. The van der Waals surface area contributed by atoms with Crippen LogP contribution < -0.4 is 5.32 Å². The summed E-state index contributed by atoms with van der Waals surface area (Å²) in [4.78, 5) is 17.1. The average molecular weight is 481 g/mol. The van der Waals surface area contributed by atoms with Gasteiger partial charge in [0.1, 0.15) is 17.2 Å². The Morgan fingerprint density at radius 3 is 2.33 bits per heavy atom. The van der Waals surface area contributed by atoms with Crippen LogP contribution in [0.25, 0.3) is 0 Å². The van der Waals surface area contributed by atoms with E-state index in [1.54, 1.807) is 6.07 Å². The van der Waals surface area contributed by atoms with Crippen LogP contribution in [0.1, 0.15) is 35.2 Å². The predicted octanol–water partition coefficient (Wildman–Crippen LogP) is 6.04. The van der Waals surface area contributed by atoms with E-state index in [9.17, 15) is 26.7 Å². The van der Waals surface area contributed by atoms with Gasteiger partial charge in [0.05, 0.1) is 16.3 Å². The third-order valence-corrected chi connectivity index (χ3v) is 5.80. The van der Waals surface area contributed by atoms with E-state index in [1.807, 2.05) is 0 Å². The molecule has 1 aliphatic rings. The topological polar surface area (TPSA) is 42.0 Å². The molecule has 1 heterocycles. The molecule has 0 bridgehead atoms. The highest BCUT2D eigenvalue weighted by Gasteiger charge is 2.43. The van der Waals surface area contributed by atoms with Crippen molar-refractivity contribution in [2.24, 2.45) is 5.92 Å². The molecule has 2 aromatic carbocycles. The molecule has 1 aliphatic carbocycles. The van der Waals surface area contributed by atoms with Crippen molar-refractivity contribution < 1.29 is 26.7 Å². The SMILES string of the molecule is O=C(N[C@](Cc1ccccc1F)(c1cc(F)cc(C(F)(F)F)c1)c1ccc(Cl)cn1)C1CC1. The van der Waals surface area contributed by atoms with Gasteiger partial charge in [0.15, 0.2) is 0 Å². The number of aromatic nitrogens is 1. The van der Waals surface area contributed by atoms with Crippen molar-refractivity contribution >= 4 is 17.5 Å². The molecule has 3 nitrogen and oxygen atoms in total. The number of halogens is 6. The normalized spacial score (nSPS) is 15.7. The van der Waals surface area contributed by atoms with E-state index < -0.39 is 34.8 Å². The number of nitrogens with zero attached hydrogens (tertiary/aromatic N) is 1. The molecule has 1 aromatic heterocycles. The quantitative estimate of drug-likeness (QED) is 0.437. The number of hydrogen-bond donors (Lipinski definition) is 1. The number of alkyl halides is 3. The summed E-state index contributed by atoms with van der Waals surface area (Å²) in [6.07, 6.45) is -2.64. The summed E-state index contributed by atoms with van der Waals surface area (Å²) in [5.41, 5.74) is -3.01. The maximum atomic E-state index is 14.7. The third-order valence-electron chi connectivity index (χ3n) is 5.58. The fourth-order valence-corrected chi connectivity index (χ4v) is 3.85. The zero-order chi connectivity index (χ0) is 23.8. The van der Waals surface area contributed by atoms with Crippen LogP contribution in [-0.2, 0) is 22.9 Å². The lowest BCUT2D eigenvalue weighted by atomic mass is 9.79. The molecule has 172 valence electrons. The molecule has 1 N–H and O–H groups in total. The number of benzene rings is 2. The van der Waals surface area contributed by atoms with Crippen molar-refractivity contribution in [2.45, 2.75) is 31.0 Å². The second kappa shape index (κ2) is 8.74. The van der Waals surface area contributed by atoms with Crippen molar-refractivity contribution in [3.63, 3.8) is 0 Å². The van der Waals surface area contributed by atoms with Gasteiger partial charge in [0.2, 0.25) is 5.91 Å². The first-order valence-corrected chi connectivity index (χ1v) is 10.5. The second-order valence-electron chi connectivity index (χ2n) is 8.03. The largest absolute Gasteiger partial charge is 0.416 e. The van der Waals surface area contributed by atoms with Crippen molar-refractivity contribution in [1.82, 2.24) is 10.3 Å². The van der Waals surface area contributed by atoms with Gasteiger partial charge in [-0.1, -0.05) is 29.8 Å². The van der Waals surface area contributed by atoms with Gasteiger partial charge in [-0.05, 0) is 60.4 Å². The molecule has 1 amide bonds. The molecular formula is C24H18ClF5N2O. The summed E-state index contributed by atoms with van der Waals surface area (Å²) < 4.78 is 69.7. The molecule has 0 saturated heterocycles. The van der Waals surface area contributed by atoms with E-state index in [2.05, 4.69) is 10.3 Å². The van der Waals surface area contributed by atoms with Gasteiger partial charge in [-0.3, -0.25) is 9.78 Å². The van der Waals surface area contributed by atoms with E-state index in [1.165, 1.54) is 36.5 Å². The van der Waals surface area contributed by atoms with E-state index in [-0.39, 0.29) is 34.2 Å². The highest BCUT2D eigenvalue weighted by molar-refractivity contribution is 6.30. The third kappa shape index (κ3) is 5.00. The fourth-order valence-electron chi connectivity index (χ4n) is 3.73. The Kier molecular flexibility index (Phi) is 6.14. The number of rotatable bonds is 6. The van der Waals surface area contributed by atoms with Crippen LogP contribution in [0.5, 0.6) is 0 Å². The Balaban J connectivity index is 1.98.